The first-order valence-electron chi connectivity index (χ1n) is 10.5. The van der Waals surface area contributed by atoms with Gasteiger partial charge in [0.1, 0.15) is 5.75 Å². The Morgan fingerprint density at radius 3 is 2.82 bits per heavy atom. The highest BCUT2D eigenvalue weighted by Crippen LogP contribution is 2.26. The zero-order valence-electron chi connectivity index (χ0n) is 17.1. The average molecular weight is 385 g/mol. The molecule has 1 heterocycles. The number of nitrogens with zero attached hydrogens (tertiary/aromatic N) is 1. The molecule has 2 amide bonds. The van der Waals surface area contributed by atoms with Crippen LogP contribution in [0.3, 0.4) is 0 Å². The van der Waals surface area contributed by atoms with Gasteiger partial charge in [-0.15, -0.1) is 0 Å². The first-order valence-corrected chi connectivity index (χ1v) is 10.5. The molecule has 0 bridgehead atoms. The number of allylic oxidation sites excluding steroid dienone is 1. The summed E-state index contributed by atoms with van der Waals surface area (Å²) in [6.07, 6.45) is 9.83. The molecule has 0 saturated carbocycles. The second kappa shape index (κ2) is 9.76. The molecule has 0 aromatic heterocycles. The number of carbonyl (C=O) groups is 2. The van der Waals surface area contributed by atoms with Crippen molar-refractivity contribution < 1.29 is 14.3 Å². The molecule has 1 N–H and O–H groups in total. The second-order valence-corrected chi connectivity index (χ2v) is 8.00. The van der Waals surface area contributed by atoms with Gasteiger partial charge in [-0.05, 0) is 81.5 Å². The normalized spacial score (nSPS) is 19.7. The Kier molecular flexibility index (Phi) is 7.12. The summed E-state index contributed by atoms with van der Waals surface area (Å²) < 4.78 is 5.21. The van der Waals surface area contributed by atoms with Crippen LogP contribution in [-0.2, 0) is 9.59 Å². The fraction of sp³-hybridized carbons (Fsp3) is 0.565. The topological polar surface area (TPSA) is 58.6 Å². The molecule has 1 aromatic carbocycles. The molecule has 1 saturated heterocycles. The number of aryl methyl sites for hydroxylation is 1. The molecule has 1 aromatic rings. The predicted octanol–water partition coefficient (Wildman–Crippen LogP) is 4.46. The molecule has 1 aliphatic carbocycles. The molecule has 2 aliphatic rings. The molecule has 0 spiro atoms. The number of hydrogen-bond acceptors (Lipinski definition) is 3. The quantitative estimate of drug-likeness (QED) is 0.788. The molecule has 0 unspecified atom stereocenters. The summed E-state index contributed by atoms with van der Waals surface area (Å²) in [5.74, 6) is 1.45. The second-order valence-electron chi connectivity index (χ2n) is 8.00. The third kappa shape index (κ3) is 5.37. The highest BCUT2D eigenvalue weighted by atomic mass is 16.5. The minimum Gasteiger partial charge on any atom is -0.497 e. The van der Waals surface area contributed by atoms with Crippen molar-refractivity contribution >= 4 is 17.5 Å². The van der Waals surface area contributed by atoms with Crippen LogP contribution in [0.25, 0.3) is 0 Å². The highest BCUT2D eigenvalue weighted by molar-refractivity contribution is 5.93. The van der Waals surface area contributed by atoms with Gasteiger partial charge < -0.3 is 15.0 Å². The van der Waals surface area contributed by atoms with Gasteiger partial charge in [-0.1, -0.05) is 6.08 Å². The fourth-order valence-electron chi connectivity index (χ4n) is 4.17. The Hall–Kier alpha value is -2.30. The average Bonchev–Trinajstić information content (AvgIpc) is 2.74. The number of methoxy groups -OCH3 is 1. The summed E-state index contributed by atoms with van der Waals surface area (Å²) in [5, 5.41) is 3.00. The molecular weight excluding hydrogens is 352 g/mol. The third-order valence-corrected chi connectivity index (χ3v) is 5.86. The number of piperidine rings is 1. The summed E-state index contributed by atoms with van der Waals surface area (Å²) in [6.45, 7) is 3.59. The van der Waals surface area contributed by atoms with E-state index in [4.69, 9.17) is 4.74 Å². The molecule has 5 nitrogen and oxygen atoms in total. The number of hydrogen-bond donors (Lipinski definition) is 1. The Morgan fingerprint density at radius 2 is 2.11 bits per heavy atom. The molecule has 0 radical (unpaired) electrons. The third-order valence-electron chi connectivity index (χ3n) is 5.86. The van der Waals surface area contributed by atoms with E-state index in [1.54, 1.807) is 7.11 Å². The zero-order chi connectivity index (χ0) is 19.9. The predicted molar refractivity (Wildman–Crippen MR) is 111 cm³/mol. The SMILES string of the molecule is COc1ccc(NC(=O)CC[C@H]2CCCN(C(=O)C3=CCCCC3)C2)c(C)c1. The van der Waals surface area contributed by atoms with Crippen LogP contribution in [0.2, 0.25) is 0 Å². The van der Waals surface area contributed by atoms with Crippen molar-refractivity contribution in [3.8, 4) is 5.75 Å². The molecule has 1 fully saturated rings. The van der Waals surface area contributed by atoms with Crippen LogP contribution in [0, 0.1) is 12.8 Å². The molecular formula is C23H32N2O3. The minimum atomic E-state index is 0.0340. The molecule has 28 heavy (non-hydrogen) atoms. The van der Waals surface area contributed by atoms with E-state index in [9.17, 15) is 9.59 Å². The van der Waals surface area contributed by atoms with Crippen molar-refractivity contribution in [2.75, 3.05) is 25.5 Å². The first-order chi connectivity index (χ1) is 13.6. The summed E-state index contributed by atoms with van der Waals surface area (Å²) in [6, 6.07) is 5.65. The van der Waals surface area contributed by atoms with Crippen molar-refractivity contribution in [2.45, 2.75) is 58.3 Å². The molecule has 1 aliphatic heterocycles. The van der Waals surface area contributed by atoms with Gasteiger partial charge in [0, 0.05) is 30.8 Å². The zero-order valence-corrected chi connectivity index (χ0v) is 17.1. The largest absolute Gasteiger partial charge is 0.497 e. The van der Waals surface area contributed by atoms with E-state index < -0.39 is 0 Å². The molecule has 1 atom stereocenters. The number of ether oxygens (including phenoxy) is 1. The van der Waals surface area contributed by atoms with Crippen molar-refractivity contribution in [2.24, 2.45) is 5.92 Å². The van der Waals surface area contributed by atoms with Gasteiger partial charge in [0.2, 0.25) is 11.8 Å². The summed E-state index contributed by atoms with van der Waals surface area (Å²) in [7, 11) is 1.63. The van der Waals surface area contributed by atoms with Crippen molar-refractivity contribution in [3.63, 3.8) is 0 Å². The van der Waals surface area contributed by atoms with E-state index in [0.29, 0.717) is 12.3 Å². The van der Waals surface area contributed by atoms with Crippen LogP contribution in [0.15, 0.2) is 29.8 Å². The minimum absolute atomic E-state index is 0.0340. The van der Waals surface area contributed by atoms with Crippen LogP contribution in [0.4, 0.5) is 5.69 Å². The van der Waals surface area contributed by atoms with Crippen LogP contribution in [-0.4, -0.2) is 36.9 Å². The Morgan fingerprint density at radius 1 is 1.25 bits per heavy atom. The van der Waals surface area contributed by atoms with Crippen LogP contribution >= 0.6 is 0 Å². The van der Waals surface area contributed by atoms with Crippen LogP contribution < -0.4 is 10.1 Å². The van der Waals surface area contributed by atoms with Gasteiger partial charge in [-0.25, -0.2) is 0 Å². The van der Waals surface area contributed by atoms with Crippen molar-refractivity contribution in [1.82, 2.24) is 4.90 Å². The van der Waals surface area contributed by atoms with E-state index in [2.05, 4.69) is 11.4 Å². The number of anilines is 1. The lowest BCUT2D eigenvalue weighted by Crippen LogP contribution is -2.41. The molecule has 3 rings (SSSR count). The summed E-state index contributed by atoms with van der Waals surface area (Å²) >= 11 is 0. The Bertz CT molecular complexity index is 741. The molecule has 5 heteroatoms. The Labute approximate surface area is 168 Å². The lowest BCUT2D eigenvalue weighted by molar-refractivity contribution is -0.129. The lowest BCUT2D eigenvalue weighted by Gasteiger charge is -2.34. The van der Waals surface area contributed by atoms with Crippen molar-refractivity contribution in [3.05, 3.63) is 35.4 Å². The first kappa shape index (κ1) is 20.4. The van der Waals surface area contributed by atoms with Gasteiger partial charge in [0.05, 0.1) is 7.11 Å². The Balaban J connectivity index is 1.48. The van der Waals surface area contributed by atoms with E-state index >= 15 is 0 Å². The van der Waals surface area contributed by atoms with E-state index in [1.807, 2.05) is 30.0 Å². The van der Waals surface area contributed by atoms with Gasteiger partial charge >= 0.3 is 0 Å². The maximum atomic E-state index is 12.7. The van der Waals surface area contributed by atoms with E-state index in [0.717, 1.165) is 74.2 Å². The summed E-state index contributed by atoms with van der Waals surface area (Å²) in [4.78, 5) is 27.1. The van der Waals surface area contributed by atoms with Crippen molar-refractivity contribution in [1.29, 1.82) is 0 Å². The van der Waals surface area contributed by atoms with Crippen LogP contribution in [0.1, 0.15) is 56.9 Å². The smallest absolute Gasteiger partial charge is 0.249 e. The van der Waals surface area contributed by atoms with Crippen LogP contribution in [0.5, 0.6) is 5.75 Å². The van der Waals surface area contributed by atoms with E-state index in [-0.39, 0.29) is 11.8 Å². The number of carbonyl (C=O) groups excluding carboxylic acids is 2. The fourth-order valence-corrected chi connectivity index (χ4v) is 4.17. The lowest BCUT2D eigenvalue weighted by atomic mass is 9.91. The summed E-state index contributed by atoms with van der Waals surface area (Å²) in [5.41, 5.74) is 2.82. The number of amides is 2. The number of nitrogens with one attached hydrogen (secondary N) is 1. The number of benzene rings is 1. The number of rotatable bonds is 6. The molecule has 152 valence electrons. The standard InChI is InChI=1S/C23H32N2O3/c1-17-15-20(28-2)11-12-21(17)24-22(26)13-10-18-7-6-14-25(16-18)23(27)19-8-4-3-5-9-19/h8,11-12,15,18H,3-7,9-10,13-14,16H2,1-2H3,(H,24,26)/t18-/m1/s1. The maximum Gasteiger partial charge on any atom is 0.249 e. The van der Waals surface area contributed by atoms with Gasteiger partial charge in [0.25, 0.3) is 0 Å². The number of likely N-dealkylation sites (tertiary alicyclic amines) is 1. The van der Waals surface area contributed by atoms with Gasteiger partial charge in [-0.3, -0.25) is 9.59 Å². The monoisotopic (exact) mass is 384 g/mol. The highest BCUT2D eigenvalue weighted by Gasteiger charge is 2.26. The maximum absolute atomic E-state index is 12.7. The van der Waals surface area contributed by atoms with E-state index in [1.165, 1.54) is 6.42 Å². The van der Waals surface area contributed by atoms with Gasteiger partial charge in [-0.2, -0.15) is 0 Å². The van der Waals surface area contributed by atoms with Gasteiger partial charge in [0.15, 0.2) is 0 Å².